The summed E-state index contributed by atoms with van der Waals surface area (Å²) < 4.78 is 0. The number of nitrogens with one attached hydrogen (secondary N) is 1. The Balaban J connectivity index is 3.16. The number of carbonyl (C=O) groups is 2. The quantitative estimate of drug-likeness (QED) is 0.742. The number of benzene rings is 1. The third kappa shape index (κ3) is 3.00. The Hall–Kier alpha value is -1.59. The molecule has 0 saturated heterocycles. The molecule has 0 aliphatic heterocycles. The van der Waals surface area contributed by atoms with Crippen LogP contribution < -0.4 is 16.8 Å². The lowest BCUT2D eigenvalue weighted by molar-refractivity contribution is -0.131. The second-order valence-corrected chi connectivity index (χ2v) is 4.71. The van der Waals surface area contributed by atoms with Gasteiger partial charge in [0.05, 0.1) is 6.04 Å². The minimum atomic E-state index is -1.34. The number of rotatable bonds is 4. The second kappa shape index (κ2) is 5.37. The van der Waals surface area contributed by atoms with E-state index in [1.807, 2.05) is 0 Å². The van der Waals surface area contributed by atoms with Gasteiger partial charge >= 0.3 is 0 Å². The van der Waals surface area contributed by atoms with Crippen molar-refractivity contribution in [1.29, 1.82) is 0 Å². The summed E-state index contributed by atoms with van der Waals surface area (Å²) in [6.45, 7) is 3.04. The Morgan fingerprint density at radius 2 is 2.06 bits per heavy atom. The van der Waals surface area contributed by atoms with Crippen molar-refractivity contribution in [1.82, 2.24) is 5.32 Å². The average molecular weight is 270 g/mol. The minimum Gasteiger partial charge on any atom is -0.367 e. The van der Waals surface area contributed by atoms with Gasteiger partial charge in [-0.15, -0.1) is 0 Å². The zero-order valence-electron chi connectivity index (χ0n) is 10.2. The summed E-state index contributed by atoms with van der Waals surface area (Å²) in [5.41, 5.74) is 10.00. The van der Waals surface area contributed by atoms with Gasteiger partial charge in [-0.05, 0) is 31.5 Å². The highest BCUT2D eigenvalue weighted by Gasteiger charge is 2.35. The van der Waals surface area contributed by atoms with E-state index in [2.05, 4.69) is 5.32 Å². The third-order valence-electron chi connectivity index (χ3n) is 2.68. The van der Waals surface area contributed by atoms with Gasteiger partial charge in [-0.2, -0.15) is 0 Å². The van der Waals surface area contributed by atoms with Gasteiger partial charge < -0.3 is 16.8 Å². The lowest BCUT2D eigenvalue weighted by atomic mass is 9.91. The van der Waals surface area contributed by atoms with Crippen LogP contribution in [0, 0.1) is 0 Å². The van der Waals surface area contributed by atoms with Crippen molar-refractivity contribution < 1.29 is 9.59 Å². The Kier molecular flexibility index (Phi) is 4.32. The molecule has 0 bridgehead atoms. The van der Waals surface area contributed by atoms with Crippen molar-refractivity contribution in [3.63, 3.8) is 0 Å². The topological polar surface area (TPSA) is 98.2 Å². The zero-order valence-corrected chi connectivity index (χ0v) is 11.0. The summed E-state index contributed by atoms with van der Waals surface area (Å²) in [6, 6.07) is 5.85. The van der Waals surface area contributed by atoms with Gasteiger partial charge in [0.15, 0.2) is 0 Å². The van der Waals surface area contributed by atoms with Crippen molar-refractivity contribution in [3.8, 4) is 0 Å². The fraction of sp³-hybridized carbons (Fsp3) is 0.333. The maximum Gasteiger partial charge on any atom is 0.247 e. The van der Waals surface area contributed by atoms with Crippen LogP contribution in [-0.4, -0.2) is 17.9 Å². The summed E-state index contributed by atoms with van der Waals surface area (Å²) in [7, 11) is 0. The van der Waals surface area contributed by atoms with Crippen molar-refractivity contribution in [3.05, 3.63) is 34.9 Å². The van der Waals surface area contributed by atoms with Gasteiger partial charge in [-0.3, -0.25) is 9.59 Å². The number of amides is 2. The van der Waals surface area contributed by atoms with Crippen LogP contribution in [-0.2, 0) is 15.1 Å². The average Bonchev–Trinajstić information content (AvgIpc) is 2.28. The maximum atomic E-state index is 11.6. The Morgan fingerprint density at radius 1 is 1.44 bits per heavy atom. The second-order valence-electron chi connectivity index (χ2n) is 4.28. The molecular weight excluding hydrogens is 254 g/mol. The first-order chi connectivity index (χ1) is 8.27. The van der Waals surface area contributed by atoms with Crippen molar-refractivity contribution in [2.24, 2.45) is 11.5 Å². The first-order valence-corrected chi connectivity index (χ1v) is 5.78. The van der Waals surface area contributed by atoms with Crippen LogP contribution >= 0.6 is 11.6 Å². The summed E-state index contributed by atoms with van der Waals surface area (Å²) in [5.74, 6) is -1.14. The highest BCUT2D eigenvalue weighted by atomic mass is 35.5. The molecule has 0 saturated carbocycles. The van der Waals surface area contributed by atoms with E-state index in [0.717, 1.165) is 0 Å². The number of hydrogen-bond donors (Lipinski definition) is 3. The molecule has 2 atom stereocenters. The van der Waals surface area contributed by atoms with Crippen LogP contribution in [0.15, 0.2) is 24.3 Å². The molecular formula is C12H16ClN3O2. The van der Waals surface area contributed by atoms with Crippen LogP contribution in [0.1, 0.15) is 19.4 Å². The lowest BCUT2D eigenvalue weighted by Crippen LogP contribution is -2.56. The van der Waals surface area contributed by atoms with E-state index in [1.54, 1.807) is 24.3 Å². The van der Waals surface area contributed by atoms with E-state index in [1.165, 1.54) is 13.8 Å². The zero-order chi connectivity index (χ0) is 13.9. The molecule has 0 fully saturated rings. The van der Waals surface area contributed by atoms with E-state index in [-0.39, 0.29) is 0 Å². The van der Waals surface area contributed by atoms with Crippen molar-refractivity contribution in [2.75, 3.05) is 0 Å². The number of nitrogens with two attached hydrogens (primary N) is 2. The molecule has 0 aromatic heterocycles. The largest absolute Gasteiger partial charge is 0.367 e. The fourth-order valence-electron chi connectivity index (χ4n) is 1.44. The first-order valence-electron chi connectivity index (χ1n) is 5.41. The van der Waals surface area contributed by atoms with E-state index < -0.39 is 23.4 Å². The number of primary amides is 1. The molecule has 5 N–H and O–H groups in total. The van der Waals surface area contributed by atoms with E-state index in [9.17, 15) is 9.59 Å². The van der Waals surface area contributed by atoms with Gasteiger partial charge in [-0.25, -0.2) is 0 Å². The summed E-state index contributed by atoms with van der Waals surface area (Å²) in [5, 5.41) is 2.99. The molecule has 2 amide bonds. The predicted octanol–water partition coefficient (Wildman–Crippen LogP) is 0.504. The van der Waals surface area contributed by atoms with Gasteiger partial charge in [0.25, 0.3) is 0 Å². The Morgan fingerprint density at radius 3 is 2.50 bits per heavy atom. The predicted molar refractivity (Wildman–Crippen MR) is 69.8 cm³/mol. The molecule has 0 heterocycles. The summed E-state index contributed by atoms with van der Waals surface area (Å²) >= 11 is 5.87. The molecule has 0 spiro atoms. The molecule has 6 heteroatoms. The molecule has 1 rings (SSSR count). The smallest absolute Gasteiger partial charge is 0.247 e. The first kappa shape index (κ1) is 14.5. The highest BCUT2D eigenvalue weighted by molar-refractivity contribution is 6.30. The molecule has 0 aliphatic carbocycles. The van der Waals surface area contributed by atoms with E-state index >= 15 is 0 Å². The number of halogens is 1. The molecule has 1 aromatic rings. The normalized spacial score (nSPS) is 15.6. The highest BCUT2D eigenvalue weighted by Crippen LogP contribution is 2.23. The van der Waals surface area contributed by atoms with Crippen molar-refractivity contribution in [2.45, 2.75) is 25.4 Å². The monoisotopic (exact) mass is 269 g/mol. The standard InChI is InChI=1S/C12H16ClN3O2/c1-7(14)10(17)16-12(2,11(15)18)8-4-3-5-9(13)6-8/h3-7H,14H2,1-2H3,(H2,15,18)(H,16,17)/t7-,12-/m0/s1. The van der Waals surface area contributed by atoms with Crippen LogP contribution in [0.5, 0.6) is 0 Å². The molecule has 0 unspecified atom stereocenters. The molecule has 18 heavy (non-hydrogen) atoms. The Bertz CT molecular complexity index is 476. The maximum absolute atomic E-state index is 11.6. The van der Waals surface area contributed by atoms with E-state index in [0.29, 0.717) is 10.6 Å². The van der Waals surface area contributed by atoms with Gasteiger partial charge in [-0.1, -0.05) is 23.7 Å². The van der Waals surface area contributed by atoms with Crippen LogP contribution in [0.2, 0.25) is 5.02 Å². The number of carbonyl (C=O) groups excluding carboxylic acids is 2. The summed E-state index contributed by atoms with van der Waals surface area (Å²) in [4.78, 5) is 23.3. The SMILES string of the molecule is C[C@H](N)C(=O)N[C@](C)(C(N)=O)c1cccc(Cl)c1. The lowest BCUT2D eigenvalue weighted by Gasteiger charge is -2.29. The molecule has 1 aromatic carbocycles. The number of hydrogen-bond acceptors (Lipinski definition) is 3. The van der Waals surface area contributed by atoms with Crippen LogP contribution in [0.3, 0.4) is 0 Å². The summed E-state index contributed by atoms with van der Waals surface area (Å²) in [6.07, 6.45) is 0. The van der Waals surface area contributed by atoms with Gasteiger partial charge in [0.1, 0.15) is 5.54 Å². The van der Waals surface area contributed by atoms with E-state index in [4.69, 9.17) is 23.1 Å². The molecule has 0 radical (unpaired) electrons. The molecule has 0 aliphatic rings. The van der Waals surface area contributed by atoms with Gasteiger partial charge in [0, 0.05) is 5.02 Å². The minimum absolute atomic E-state index is 0.454. The molecule has 98 valence electrons. The van der Waals surface area contributed by atoms with Crippen molar-refractivity contribution >= 4 is 23.4 Å². The fourth-order valence-corrected chi connectivity index (χ4v) is 1.63. The van der Waals surface area contributed by atoms with Crippen LogP contribution in [0.25, 0.3) is 0 Å². The molecule has 5 nitrogen and oxygen atoms in total. The van der Waals surface area contributed by atoms with Gasteiger partial charge in [0.2, 0.25) is 11.8 Å². The van der Waals surface area contributed by atoms with Crippen LogP contribution in [0.4, 0.5) is 0 Å². The Labute approximate surface area is 110 Å². The third-order valence-corrected chi connectivity index (χ3v) is 2.92.